The summed E-state index contributed by atoms with van der Waals surface area (Å²) in [5.41, 5.74) is -0.860. The van der Waals surface area contributed by atoms with Crippen LogP contribution in [0.5, 0.6) is 0 Å². The lowest BCUT2D eigenvalue weighted by molar-refractivity contribution is -0.132. The van der Waals surface area contributed by atoms with Crippen molar-refractivity contribution in [2.75, 3.05) is 26.7 Å². The van der Waals surface area contributed by atoms with E-state index >= 15 is 0 Å². The van der Waals surface area contributed by atoms with E-state index in [9.17, 15) is 14.4 Å². The Hall–Kier alpha value is -1.63. The summed E-state index contributed by atoms with van der Waals surface area (Å²) in [5, 5.41) is 5.07. The first-order valence-corrected chi connectivity index (χ1v) is 8.02. The van der Waals surface area contributed by atoms with E-state index in [1.54, 1.807) is 6.92 Å². The van der Waals surface area contributed by atoms with Crippen molar-refractivity contribution in [2.24, 2.45) is 5.92 Å². The molecule has 2 N–H and O–H groups in total. The topological polar surface area (TPSA) is 81.8 Å². The average Bonchev–Trinajstić information content (AvgIpc) is 3.27. The number of carbonyl (C=O) groups is 3. The maximum atomic E-state index is 12.3. The summed E-state index contributed by atoms with van der Waals surface area (Å²) >= 11 is 0. The van der Waals surface area contributed by atoms with Gasteiger partial charge in [-0.25, -0.2) is 4.79 Å². The molecule has 0 aromatic rings. The number of amides is 4. The number of carbonyl (C=O) groups excluding carboxylic acids is 3. The van der Waals surface area contributed by atoms with Crippen LogP contribution in [0.1, 0.15) is 32.6 Å². The van der Waals surface area contributed by atoms with E-state index in [0.29, 0.717) is 19.1 Å². The monoisotopic (exact) mass is 308 g/mol. The Labute approximate surface area is 130 Å². The Kier molecular flexibility index (Phi) is 3.84. The number of nitrogens with one attached hydrogen (secondary N) is 2. The first-order chi connectivity index (χ1) is 10.4. The molecule has 1 aliphatic carbocycles. The minimum Gasteiger partial charge on any atom is -0.342 e. The molecule has 2 saturated heterocycles. The van der Waals surface area contributed by atoms with Crippen molar-refractivity contribution in [3.63, 3.8) is 0 Å². The van der Waals surface area contributed by atoms with E-state index in [-0.39, 0.29) is 17.7 Å². The van der Waals surface area contributed by atoms with Crippen molar-refractivity contribution in [1.82, 2.24) is 20.4 Å². The van der Waals surface area contributed by atoms with Gasteiger partial charge in [0.2, 0.25) is 5.91 Å². The largest absolute Gasteiger partial charge is 0.342 e. The van der Waals surface area contributed by atoms with Crippen molar-refractivity contribution >= 4 is 17.8 Å². The second kappa shape index (κ2) is 5.53. The van der Waals surface area contributed by atoms with Crippen molar-refractivity contribution in [2.45, 2.75) is 44.2 Å². The molecule has 7 heteroatoms. The highest BCUT2D eigenvalue weighted by molar-refractivity contribution is 6.07. The van der Waals surface area contributed by atoms with Crippen molar-refractivity contribution in [3.05, 3.63) is 0 Å². The molecule has 4 amide bonds. The number of hydrogen-bond acceptors (Lipinski definition) is 4. The summed E-state index contributed by atoms with van der Waals surface area (Å²) in [5.74, 6) is -0.0780. The van der Waals surface area contributed by atoms with Gasteiger partial charge in [-0.05, 0) is 39.2 Å². The van der Waals surface area contributed by atoms with E-state index < -0.39 is 11.6 Å². The highest BCUT2D eigenvalue weighted by Crippen LogP contribution is 2.30. The summed E-state index contributed by atoms with van der Waals surface area (Å²) < 4.78 is 0. The number of urea groups is 1. The molecule has 3 rings (SSSR count). The number of nitrogens with zero attached hydrogens (tertiary/aromatic N) is 2. The fourth-order valence-corrected chi connectivity index (χ4v) is 3.48. The van der Waals surface area contributed by atoms with E-state index in [1.165, 1.54) is 0 Å². The molecule has 2 atom stereocenters. The number of hydrogen-bond donors (Lipinski definition) is 2. The summed E-state index contributed by atoms with van der Waals surface area (Å²) in [6.45, 7) is 3.70. The van der Waals surface area contributed by atoms with Gasteiger partial charge in [-0.2, -0.15) is 0 Å². The third-order valence-corrected chi connectivity index (χ3v) is 5.24. The predicted molar refractivity (Wildman–Crippen MR) is 80.0 cm³/mol. The lowest BCUT2D eigenvalue weighted by Crippen LogP contribution is -2.56. The van der Waals surface area contributed by atoms with E-state index in [4.69, 9.17) is 0 Å². The number of likely N-dealkylation sites (N-methyl/N-ethyl adjacent to an activating group) is 1. The van der Waals surface area contributed by atoms with Gasteiger partial charge in [-0.15, -0.1) is 0 Å². The Morgan fingerprint density at radius 3 is 2.68 bits per heavy atom. The molecule has 22 heavy (non-hydrogen) atoms. The van der Waals surface area contributed by atoms with E-state index in [2.05, 4.69) is 15.5 Å². The number of piperidine rings is 1. The Balaban J connectivity index is 1.60. The maximum absolute atomic E-state index is 12.3. The van der Waals surface area contributed by atoms with Crippen LogP contribution in [0.3, 0.4) is 0 Å². The van der Waals surface area contributed by atoms with Crippen LogP contribution >= 0.6 is 0 Å². The molecule has 0 bridgehead atoms. The zero-order valence-electron chi connectivity index (χ0n) is 13.2. The molecule has 0 radical (unpaired) electrons. The normalized spacial score (nSPS) is 32.5. The summed E-state index contributed by atoms with van der Waals surface area (Å²) in [6.07, 6.45) is 4.03. The van der Waals surface area contributed by atoms with Crippen LogP contribution in [0.25, 0.3) is 0 Å². The molecular formula is C15H24N4O3. The fraction of sp³-hybridized carbons (Fsp3) is 0.800. The molecule has 7 nitrogen and oxygen atoms in total. The van der Waals surface area contributed by atoms with Crippen molar-refractivity contribution < 1.29 is 14.4 Å². The average molecular weight is 308 g/mol. The third-order valence-electron chi connectivity index (χ3n) is 5.24. The van der Waals surface area contributed by atoms with Crippen LogP contribution in [0, 0.1) is 5.92 Å². The molecule has 122 valence electrons. The maximum Gasteiger partial charge on any atom is 0.322 e. The van der Waals surface area contributed by atoms with Crippen LogP contribution in [0.4, 0.5) is 4.79 Å². The van der Waals surface area contributed by atoms with Gasteiger partial charge in [-0.3, -0.25) is 19.8 Å². The molecule has 3 fully saturated rings. The van der Waals surface area contributed by atoms with E-state index in [1.807, 2.05) is 11.9 Å². The van der Waals surface area contributed by atoms with Gasteiger partial charge < -0.3 is 10.2 Å². The van der Waals surface area contributed by atoms with Crippen LogP contribution in [0.15, 0.2) is 0 Å². The smallest absolute Gasteiger partial charge is 0.322 e. The molecule has 2 heterocycles. The molecular weight excluding hydrogens is 284 g/mol. The van der Waals surface area contributed by atoms with Crippen LogP contribution in [0.2, 0.25) is 0 Å². The zero-order chi connectivity index (χ0) is 15.9. The minimum absolute atomic E-state index is 0.0340. The summed E-state index contributed by atoms with van der Waals surface area (Å²) in [7, 11) is 1.87. The SMILES string of the molecule is CN(C(=O)CN1CCC[C@H]([C@@]2(C)NC(=O)NC2=O)C1)C1CC1. The highest BCUT2D eigenvalue weighted by atomic mass is 16.2. The van der Waals surface area contributed by atoms with Gasteiger partial charge in [0.15, 0.2) is 0 Å². The summed E-state index contributed by atoms with van der Waals surface area (Å²) in [4.78, 5) is 39.7. The van der Waals surface area contributed by atoms with Gasteiger partial charge in [0.25, 0.3) is 5.91 Å². The predicted octanol–water partition coefficient (Wildman–Crippen LogP) is -0.0827. The molecule has 0 aromatic heterocycles. The Bertz CT molecular complexity index is 505. The van der Waals surface area contributed by atoms with Crippen molar-refractivity contribution in [1.29, 1.82) is 0 Å². The standard InChI is InChI=1S/C15H24N4O3/c1-15(13(21)16-14(22)17-15)10-4-3-7-19(8-10)9-12(20)18(2)11-5-6-11/h10-11H,3-9H2,1-2H3,(H2,16,17,21,22)/t10-,15+/m0/s1. The van der Waals surface area contributed by atoms with Gasteiger partial charge in [0.1, 0.15) is 5.54 Å². The Morgan fingerprint density at radius 2 is 2.09 bits per heavy atom. The van der Waals surface area contributed by atoms with E-state index in [0.717, 1.165) is 32.2 Å². The van der Waals surface area contributed by atoms with Gasteiger partial charge in [0.05, 0.1) is 6.54 Å². The van der Waals surface area contributed by atoms with Gasteiger partial charge in [-0.1, -0.05) is 0 Å². The summed E-state index contributed by atoms with van der Waals surface area (Å²) in [6, 6.07) is -0.000306. The molecule has 0 spiro atoms. The van der Waals surface area contributed by atoms with Gasteiger partial charge in [0, 0.05) is 25.6 Å². The quantitative estimate of drug-likeness (QED) is 0.712. The first kappa shape index (κ1) is 15.3. The van der Waals surface area contributed by atoms with Gasteiger partial charge >= 0.3 is 6.03 Å². The molecule has 2 aliphatic heterocycles. The first-order valence-electron chi connectivity index (χ1n) is 8.02. The van der Waals surface area contributed by atoms with Crippen LogP contribution < -0.4 is 10.6 Å². The molecule has 0 aromatic carbocycles. The molecule has 1 saturated carbocycles. The Morgan fingerprint density at radius 1 is 1.36 bits per heavy atom. The molecule has 3 aliphatic rings. The number of imide groups is 1. The number of rotatable bonds is 4. The zero-order valence-corrected chi connectivity index (χ0v) is 13.2. The lowest BCUT2D eigenvalue weighted by Gasteiger charge is -2.39. The second-order valence-corrected chi connectivity index (χ2v) is 6.92. The fourth-order valence-electron chi connectivity index (χ4n) is 3.48. The second-order valence-electron chi connectivity index (χ2n) is 6.92. The number of likely N-dealkylation sites (tertiary alicyclic amines) is 1. The van der Waals surface area contributed by atoms with Crippen LogP contribution in [-0.4, -0.2) is 65.9 Å². The van der Waals surface area contributed by atoms with Crippen molar-refractivity contribution in [3.8, 4) is 0 Å². The minimum atomic E-state index is -0.860. The van der Waals surface area contributed by atoms with Crippen LogP contribution in [-0.2, 0) is 9.59 Å². The molecule has 0 unspecified atom stereocenters. The highest BCUT2D eigenvalue weighted by Gasteiger charge is 2.49. The third kappa shape index (κ3) is 2.82. The lowest BCUT2D eigenvalue weighted by atomic mass is 9.80.